The van der Waals surface area contributed by atoms with Gasteiger partial charge in [0.05, 0.1) is 24.5 Å². The minimum atomic E-state index is -0.586. The number of esters is 1. The smallest absolute Gasteiger partial charge is 0.338 e. The molecule has 0 spiro atoms. The SMILES string of the molecule is CCOC(=O)C1=C(C)N=C2SC(C#N)=C(N)N2[C@H]1c1ccccc1OCC. The minimum Gasteiger partial charge on any atom is -0.494 e. The van der Waals surface area contributed by atoms with E-state index in [1.807, 2.05) is 31.2 Å². The second kappa shape index (κ2) is 7.76. The van der Waals surface area contributed by atoms with Gasteiger partial charge in [-0.25, -0.2) is 9.79 Å². The zero-order valence-corrected chi connectivity index (χ0v) is 16.2. The van der Waals surface area contributed by atoms with E-state index < -0.39 is 12.0 Å². The Morgan fingerprint density at radius 1 is 1.37 bits per heavy atom. The summed E-state index contributed by atoms with van der Waals surface area (Å²) in [5.41, 5.74) is 7.93. The highest BCUT2D eigenvalue weighted by molar-refractivity contribution is 8.17. The highest BCUT2D eigenvalue weighted by Crippen LogP contribution is 2.47. The van der Waals surface area contributed by atoms with E-state index in [0.29, 0.717) is 33.7 Å². The Hall–Kier alpha value is -2.92. The number of ether oxygens (including phenoxy) is 2. The van der Waals surface area contributed by atoms with Gasteiger partial charge in [0.2, 0.25) is 0 Å². The summed E-state index contributed by atoms with van der Waals surface area (Å²) >= 11 is 1.19. The number of nitriles is 1. The fourth-order valence-electron chi connectivity index (χ4n) is 3.10. The second-order valence-electron chi connectivity index (χ2n) is 5.79. The van der Waals surface area contributed by atoms with Crippen molar-refractivity contribution >= 4 is 22.9 Å². The maximum Gasteiger partial charge on any atom is 0.338 e. The van der Waals surface area contributed by atoms with Crippen LogP contribution in [0.4, 0.5) is 0 Å². The molecular weight excluding hydrogens is 364 g/mol. The van der Waals surface area contributed by atoms with Gasteiger partial charge < -0.3 is 15.2 Å². The summed E-state index contributed by atoms with van der Waals surface area (Å²) in [6.45, 7) is 6.13. The fourth-order valence-corrected chi connectivity index (χ4v) is 4.01. The van der Waals surface area contributed by atoms with Crippen molar-refractivity contribution in [2.75, 3.05) is 13.2 Å². The number of hydrogen-bond donors (Lipinski definition) is 1. The van der Waals surface area contributed by atoms with Crippen LogP contribution in [0, 0.1) is 11.3 Å². The van der Waals surface area contributed by atoms with E-state index in [-0.39, 0.29) is 12.4 Å². The van der Waals surface area contributed by atoms with Crippen molar-refractivity contribution in [2.45, 2.75) is 26.8 Å². The minimum absolute atomic E-state index is 0.246. The predicted octanol–water partition coefficient (Wildman–Crippen LogP) is 3.03. The number of carbonyl (C=O) groups excluding carboxylic acids is 1. The molecule has 8 heteroatoms. The first-order chi connectivity index (χ1) is 13.0. The van der Waals surface area contributed by atoms with Crippen molar-refractivity contribution < 1.29 is 14.3 Å². The average Bonchev–Trinajstić information content (AvgIpc) is 2.97. The molecule has 2 N–H and O–H groups in total. The second-order valence-corrected chi connectivity index (χ2v) is 6.76. The number of rotatable bonds is 5. The molecule has 1 atom stereocenters. The van der Waals surface area contributed by atoms with Gasteiger partial charge >= 0.3 is 5.97 Å². The third kappa shape index (κ3) is 3.26. The highest BCUT2D eigenvalue weighted by atomic mass is 32.2. The Morgan fingerprint density at radius 2 is 2.11 bits per heavy atom. The predicted molar refractivity (Wildman–Crippen MR) is 103 cm³/mol. The monoisotopic (exact) mass is 384 g/mol. The quantitative estimate of drug-likeness (QED) is 0.779. The van der Waals surface area contributed by atoms with E-state index in [9.17, 15) is 10.1 Å². The first-order valence-corrected chi connectivity index (χ1v) is 9.40. The van der Waals surface area contributed by atoms with Gasteiger partial charge in [0, 0.05) is 5.56 Å². The fraction of sp³-hybridized carbons (Fsp3) is 0.316. The number of aliphatic imine (C=N–C) groups is 1. The largest absolute Gasteiger partial charge is 0.494 e. The van der Waals surface area contributed by atoms with Gasteiger partial charge in [-0.2, -0.15) is 5.26 Å². The van der Waals surface area contributed by atoms with E-state index in [1.165, 1.54) is 11.8 Å². The highest BCUT2D eigenvalue weighted by Gasteiger charge is 2.43. The molecule has 2 heterocycles. The number of amidine groups is 1. The third-order valence-corrected chi connectivity index (χ3v) is 5.16. The molecule has 0 unspecified atom stereocenters. The molecule has 7 nitrogen and oxygen atoms in total. The summed E-state index contributed by atoms with van der Waals surface area (Å²) < 4.78 is 11.1. The Labute approximate surface area is 162 Å². The lowest BCUT2D eigenvalue weighted by Gasteiger charge is -2.35. The lowest BCUT2D eigenvalue weighted by Crippen LogP contribution is -2.39. The molecule has 0 radical (unpaired) electrons. The number of carbonyl (C=O) groups is 1. The van der Waals surface area contributed by atoms with Crippen molar-refractivity contribution in [3.8, 4) is 11.8 Å². The normalized spacial score (nSPS) is 18.8. The van der Waals surface area contributed by atoms with Crippen LogP contribution >= 0.6 is 11.8 Å². The van der Waals surface area contributed by atoms with Crippen molar-refractivity contribution in [1.82, 2.24) is 4.90 Å². The number of nitrogens with two attached hydrogens (primary N) is 1. The van der Waals surface area contributed by atoms with Gasteiger partial charge in [-0.15, -0.1) is 0 Å². The lowest BCUT2D eigenvalue weighted by atomic mass is 9.93. The Morgan fingerprint density at radius 3 is 2.78 bits per heavy atom. The number of allylic oxidation sites excluding steroid dienone is 2. The molecule has 3 rings (SSSR count). The molecule has 0 saturated heterocycles. The molecule has 140 valence electrons. The van der Waals surface area contributed by atoms with Gasteiger partial charge in [0.1, 0.15) is 28.6 Å². The average molecular weight is 384 g/mol. The summed E-state index contributed by atoms with van der Waals surface area (Å²) in [5, 5.41) is 9.95. The first kappa shape index (κ1) is 18.9. The standard InChI is InChI=1S/C19H20N4O3S/c1-4-25-13-9-7-6-8-12(13)16-15(18(24)26-5-2)11(3)22-19-23(16)17(21)14(10-20)27-19/h6-9,16H,4-5,21H2,1-3H3/t16-/m0/s1. The van der Waals surface area contributed by atoms with Crippen molar-refractivity contribution in [1.29, 1.82) is 5.26 Å². The summed E-state index contributed by atoms with van der Waals surface area (Å²) in [6, 6.07) is 8.97. The number of benzene rings is 1. The van der Waals surface area contributed by atoms with E-state index in [1.54, 1.807) is 18.7 Å². The van der Waals surface area contributed by atoms with Gasteiger partial charge in [0.15, 0.2) is 5.17 Å². The van der Waals surface area contributed by atoms with Crippen LogP contribution in [0.15, 0.2) is 51.3 Å². The Bertz CT molecular complexity index is 914. The molecular formula is C19H20N4O3S. The van der Waals surface area contributed by atoms with Crippen LogP contribution in [-0.2, 0) is 9.53 Å². The van der Waals surface area contributed by atoms with Crippen LogP contribution < -0.4 is 10.5 Å². The van der Waals surface area contributed by atoms with Crippen LogP contribution in [0.25, 0.3) is 0 Å². The van der Waals surface area contributed by atoms with Crippen molar-refractivity contribution in [3.63, 3.8) is 0 Å². The molecule has 1 aromatic rings. The number of nitrogens with zero attached hydrogens (tertiary/aromatic N) is 3. The van der Waals surface area contributed by atoms with Crippen LogP contribution in [0.1, 0.15) is 32.4 Å². The van der Waals surface area contributed by atoms with E-state index in [0.717, 1.165) is 5.56 Å². The Kier molecular flexibility index (Phi) is 5.42. The molecule has 2 aliphatic rings. The maximum atomic E-state index is 12.8. The molecule has 2 aliphatic heterocycles. The third-order valence-electron chi connectivity index (χ3n) is 4.19. The molecule has 0 fully saturated rings. The van der Waals surface area contributed by atoms with Crippen LogP contribution in [-0.4, -0.2) is 29.3 Å². The first-order valence-electron chi connectivity index (χ1n) is 8.58. The zero-order chi connectivity index (χ0) is 19.6. The van der Waals surface area contributed by atoms with E-state index >= 15 is 0 Å². The number of para-hydroxylation sites is 1. The number of fused-ring (bicyclic) bond motifs is 1. The molecule has 1 aromatic carbocycles. The maximum absolute atomic E-state index is 12.8. The summed E-state index contributed by atoms with van der Waals surface area (Å²) in [5.74, 6) is 0.452. The van der Waals surface area contributed by atoms with Gasteiger partial charge in [-0.1, -0.05) is 18.2 Å². The summed E-state index contributed by atoms with van der Waals surface area (Å²) in [7, 11) is 0. The topological polar surface area (TPSA) is 101 Å². The molecule has 0 bridgehead atoms. The van der Waals surface area contributed by atoms with Crippen LogP contribution in [0.3, 0.4) is 0 Å². The summed E-state index contributed by atoms with van der Waals surface area (Å²) in [6.07, 6.45) is 0. The molecule has 0 aliphatic carbocycles. The molecule has 0 aromatic heterocycles. The lowest BCUT2D eigenvalue weighted by molar-refractivity contribution is -0.139. The van der Waals surface area contributed by atoms with Gasteiger partial charge in [-0.3, -0.25) is 4.90 Å². The summed E-state index contributed by atoms with van der Waals surface area (Å²) in [4.78, 5) is 19.3. The molecule has 0 saturated carbocycles. The van der Waals surface area contributed by atoms with E-state index in [4.69, 9.17) is 15.2 Å². The van der Waals surface area contributed by atoms with Crippen molar-refractivity contribution in [3.05, 3.63) is 51.8 Å². The number of thioether (sulfide) groups is 1. The van der Waals surface area contributed by atoms with Gasteiger partial charge in [-0.05, 0) is 38.6 Å². The Balaban J connectivity index is 2.22. The van der Waals surface area contributed by atoms with Crippen LogP contribution in [0.5, 0.6) is 5.75 Å². The molecule has 0 amide bonds. The van der Waals surface area contributed by atoms with Gasteiger partial charge in [0.25, 0.3) is 0 Å². The number of hydrogen-bond acceptors (Lipinski definition) is 8. The zero-order valence-electron chi connectivity index (χ0n) is 15.4. The van der Waals surface area contributed by atoms with E-state index in [2.05, 4.69) is 11.1 Å². The van der Waals surface area contributed by atoms with Crippen LogP contribution in [0.2, 0.25) is 0 Å². The molecule has 27 heavy (non-hydrogen) atoms. The van der Waals surface area contributed by atoms with Crippen molar-refractivity contribution in [2.24, 2.45) is 10.7 Å².